The van der Waals surface area contributed by atoms with Gasteiger partial charge in [-0.25, -0.2) is 0 Å². The highest BCUT2D eigenvalue weighted by Gasteiger charge is 2.38. The average Bonchev–Trinajstić information content (AvgIpc) is 2.62. The second-order valence-electron chi connectivity index (χ2n) is 3.69. The third-order valence-corrected chi connectivity index (χ3v) is 3.04. The van der Waals surface area contributed by atoms with Crippen LogP contribution in [0.3, 0.4) is 0 Å². The van der Waals surface area contributed by atoms with Crippen LogP contribution in [0.15, 0.2) is 28.7 Å². The van der Waals surface area contributed by atoms with Gasteiger partial charge < -0.3 is 14.6 Å². The number of halogens is 1. The summed E-state index contributed by atoms with van der Waals surface area (Å²) in [5.41, 5.74) is 0.960. The number of hydrogen-bond donors (Lipinski definition) is 1. The molecule has 1 saturated heterocycles. The van der Waals surface area contributed by atoms with Gasteiger partial charge >= 0.3 is 0 Å². The molecule has 1 fully saturated rings. The summed E-state index contributed by atoms with van der Waals surface area (Å²) in [6, 6.07) is 7.78. The first-order valence-electron chi connectivity index (χ1n) is 4.83. The van der Waals surface area contributed by atoms with Crippen LogP contribution in [0.1, 0.15) is 12.5 Å². The van der Waals surface area contributed by atoms with Gasteiger partial charge in [-0.15, -0.1) is 0 Å². The minimum Gasteiger partial charge on any atom is -0.394 e. The topological polar surface area (TPSA) is 38.7 Å². The van der Waals surface area contributed by atoms with Crippen molar-refractivity contribution in [2.75, 3.05) is 13.2 Å². The Hall–Kier alpha value is -0.420. The van der Waals surface area contributed by atoms with Crippen molar-refractivity contribution in [3.63, 3.8) is 0 Å². The van der Waals surface area contributed by atoms with Gasteiger partial charge in [0.1, 0.15) is 6.10 Å². The zero-order valence-corrected chi connectivity index (χ0v) is 10.0. The Bertz CT molecular complexity index is 338. The maximum absolute atomic E-state index is 8.98. The number of aliphatic hydroxyl groups is 1. The van der Waals surface area contributed by atoms with Crippen LogP contribution in [0.2, 0.25) is 0 Å². The smallest absolute Gasteiger partial charge is 0.192 e. The van der Waals surface area contributed by atoms with Gasteiger partial charge in [-0.3, -0.25) is 0 Å². The second-order valence-corrected chi connectivity index (χ2v) is 4.60. The third-order valence-electron chi connectivity index (χ3n) is 2.51. The summed E-state index contributed by atoms with van der Waals surface area (Å²) in [5, 5.41) is 8.98. The van der Waals surface area contributed by atoms with Crippen molar-refractivity contribution in [2.24, 2.45) is 0 Å². The Morgan fingerprint density at radius 3 is 2.67 bits per heavy atom. The van der Waals surface area contributed by atoms with Gasteiger partial charge in [-0.05, 0) is 19.1 Å². The molecule has 3 nitrogen and oxygen atoms in total. The molecule has 82 valence electrons. The zero-order valence-electron chi connectivity index (χ0n) is 8.44. The predicted molar refractivity (Wildman–Crippen MR) is 59.4 cm³/mol. The Balaban J connectivity index is 2.20. The van der Waals surface area contributed by atoms with Crippen LogP contribution in [-0.4, -0.2) is 24.4 Å². The van der Waals surface area contributed by atoms with E-state index >= 15 is 0 Å². The van der Waals surface area contributed by atoms with E-state index in [1.807, 2.05) is 31.2 Å². The van der Waals surface area contributed by atoms with Gasteiger partial charge in [0.15, 0.2) is 5.79 Å². The molecule has 1 aliphatic heterocycles. The fourth-order valence-electron chi connectivity index (χ4n) is 1.63. The fourth-order valence-corrected chi connectivity index (χ4v) is 1.90. The molecule has 2 rings (SSSR count). The molecule has 1 aromatic carbocycles. The lowest BCUT2D eigenvalue weighted by atomic mass is 10.1. The number of hydrogen-bond acceptors (Lipinski definition) is 3. The molecule has 15 heavy (non-hydrogen) atoms. The van der Waals surface area contributed by atoms with Crippen molar-refractivity contribution in [3.8, 4) is 0 Å². The summed E-state index contributed by atoms with van der Waals surface area (Å²) < 4.78 is 12.2. The van der Waals surface area contributed by atoms with Crippen molar-refractivity contribution in [2.45, 2.75) is 18.8 Å². The lowest BCUT2D eigenvalue weighted by Crippen LogP contribution is -2.24. The molecule has 0 saturated carbocycles. The summed E-state index contributed by atoms with van der Waals surface area (Å²) in [5.74, 6) is -0.728. The van der Waals surface area contributed by atoms with Gasteiger partial charge in [0.05, 0.1) is 13.2 Å². The monoisotopic (exact) mass is 272 g/mol. The molecule has 0 amide bonds. The first-order chi connectivity index (χ1) is 7.14. The van der Waals surface area contributed by atoms with E-state index in [1.165, 1.54) is 0 Å². The molecule has 0 radical (unpaired) electrons. The van der Waals surface area contributed by atoms with Crippen molar-refractivity contribution >= 4 is 15.9 Å². The van der Waals surface area contributed by atoms with E-state index in [1.54, 1.807) is 0 Å². The predicted octanol–water partition coefficient (Wildman–Crippen LogP) is 2.03. The fraction of sp³-hybridized carbons (Fsp3) is 0.455. The standard InChI is InChI=1S/C11H13BrO3/c1-11(14-7-10(6-13)15-11)8-2-4-9(12)5-3-8/h2-5,10,13H,6-7H2,1H3. The molecule has 1 N–H and O–H groups in total. The van der Waals surface area contributed by atoms with Crippen LogP contribution in [0.4, 0.5) is 0 Å². The van der Waals surface area contributed by atoms with Gasteiger partial charge in [-0.2, -0.15) is 0 Å². The Kier molecular flexibility index (Phi) is 3.11. The zero-order chi connectivity index (χ0) is 10.9. The normalized spacial score (nSPS) is 30.7. The SMILES string of the molecule is CC1(c2ccc(Br)cc2)OCC(CO)O1. The van der Waals surface area contributed by atoms with Crippen LogP contribution in [0.25, 0.3) is 0 Å². The molecule has 2 unspecified atom stereocenters. The lowest BCUT2D eigenvalue weighted by Gasteiger charge is -2.23. The highest BCUT2D eigenvalue weighted by Crippen LogP contribution is 2.34. The van der Waals surface area contributed by atoms with Gasteiger partial charge in [0.2, 0.25) is 0 Å². The molecule has 1 aliphatic rings. The van der Waals surface area contributed by atoms with E-state index in [0.717, 1.165) is 10.0 Å². The second kappa shape index (κ2) is 4.22. The van der Waals surface area contributed by atoms with Gasteiger partial charge in [0, 0.05) is 10.0 Å². The lowest BCUT2D eigenvalue weighted by molar-refractivity contribution is -0.165. The maximum Gasteiger partial charge on any atom is 0.192 e. The Morgan fingerprint density at radius 2 is 2.13 bits per heavy atom. The summed E-state index contributed by atoms with van der Waals surface area (Å²) in [7, 11) is 0. The first-order valence-corrected chi connectivity index (χ1v) is 5.62. The number of aliphatic hydroxyl groups excluding tert-OH is 1. The van der Waals surface area contributed by atoms with Crippen molar-refractivity contribution in [1.82, 2.24) is 0 Å². The largest absolute Gasteiger partial charge is 0.394 e. The van der Waals surface area contributed by atoms with Crippen LogP contribution < -0.4 is 0 Å². The number of ether oxygens (including phenoxy) is 2. The van der Waals surface area contributed by atoms with E-state index in [-0.39, 0.29) is 12.7 Å². The third kappa shape index (κ3) is 2.23. The highest BCUT2D eigenvalue weighted by molar-refractivity contribution is 9.10. The summed E-state index contributed by atoms with van der Waals surface area (Å²) in [6.45, 7) is 2.29. The average molecular weight is 273 g/mol. The summed E-state index contributed by atoms with van der Waals surface area (Å²) in [6.07, 6.45) is -0.223. The van der Waals surface area contributed by atoms with E-state index in [0.29, 0.717) is 6.61 Å². The first kappa shape index (κ1) is 11.1. The Labute approximate surface area is 97.1 Å². The van der Waals surface area contributed by atoms with Crippen molar-refractivity contribution in [1.29, 1.82) is 0 Å². The Morgan fingerprint density at radius 1 is 1.47 bits per heavy atom. The molecule has 4 heteroatoms. The minimum atomic E-state index is -0.728. The number of benzene rings is 1. The van der Waals surface area contributed by atoms with Gasteiger partial charge in [0.25, 0.3) is 0 Å². The van der Waals surface area contributed by atoms with E-state index < -0.39 is 5.79 Å². The van der Waals surface area contributed by atoms with E-state index in [9.17, 15) is 0 Å². The molecule has 0 spiro atoms. The summed E-state index contributed by atoms with van der Waals surface area (Å²) >= 11 is 3.38. The number of rotatable bonds is 2. The molecular weight excluding hydrogens is 260 g/mol. The molecule has 0 aliphatic carbocycles. The minimum absolute atomic E-state index is 0.00782. The maximum atomic E-state index is 8.98. The molecule has 1 heterocycles. The van der Waals surface area contributed by atoms with Gasteiger partial charge in [-0.1, -0.05) is 28.1 Å². The molecular formula is C11H13BrO3. The van der Waals surface area contributed by atoms with Crippen LogP contribution in [0.5, 0.6) is 0 Å². The summed E-state index contributed by atoms with van der Waals surface area (Å²) in [4.78, 5) is 0. The molecule has 2 atom stereocenters. The molecule has 1 aromatic rings. The molecule has 0 bridgehead atoms. The van der Waals surface area contributed by atoms with Crippen LogP contribution in [0, 0.1) is 0 Å². The quantitative estimate of drug-likeness (QED) is 0.896. The van der Waals surface area contributed by atoms with Crippen molar-refractivity contribution in [3.05, 3.63) is 34.3 Å². The van der Waals surface area contributed by atoms with Crippen molar-refractivity contribution < 1.29 is 14.6 Å². The van der Waals surface area contributed by atoms with E-state index in [2.05, 4.69) is 15.9 Å². The highest BCUT2D eigenvalue weighted by atomic mass is 79.9. The van der Waals surface area contributed by atoms with Crippen LogP contribution in [-0.2, 0) is 15.3 Å². The van der Waals surface area contributed by atoms with E-state index in [4.69, 9.17) is 14.6 Å². The molecule has 0 aromatic heterocycles. The van der Waals surface area contributed by atoms with Crippen LogP contribution >= 0.6 is 15.9 Å².